The number of aryl methyl sites for hydroxylation is 1. The fourth-order valence-electron chi connectivity index (χ4n) is 4.83. The maximum absolute atomic E-state index is 11.9. The van der Waals surface area contributed by atoms with Crippen LogP contribution in [0.3, 0.4) is 0 Å². The smallest absolute Gasteiger partial charge is 0.265 e. The van der Waals surface area contributed by atoms with Gasteiger partial charge in [-0.15, -0.1) is 0 Å². The lowest BCUT2D eigenvalue weighted by atomic mass is 9.81. The van der Waals surface area contributed by atoms with Gasteiger partial charge in [0.1, 0.15) is 5.60 Å². The van der Waals surface area contributed by atoms with Crippen molar-refractivity contribution in [2.24, 2.45) is 0 Å². The molecule has 0 radical (unpaired) electrons. The van der Waals surface area contributed by atoms with E-state index in [2.05, 4.69) is 4.98 Å². The Hall–Kier alpha value is -1.54. The number of benzene rings is 1. The van der Waals surface area contributed by atoms with E-state index in [1.807, 2.05) is 12.1 Å². The van der Waals surface area contributed by atoms with Crippen molar-refractivity contribution in [2.45, 2.75) is 50.0 Å². The van der Waals surface area contributed by atoms with Crippen molar-refractivity contribution in [2.75, 3.05) is 12.9 Å². The summed E-state index contributed by atoms with van der Waals surface area (Å²) in [6, 6.07) is 3.76. The van der Waals surface area contributed by atoms with Crippen LogP contribution in [0.5, 0.6) is 11.5 Å². The van der Waals surface area contributed by atoms with Crippen LogP contribution in [-0.2, 0) is 23.0 Å². The van der Waals surface area contributed by atoms with Crippen molar-refractivity contribution in [3.63, 3.8) is 0 Å². The monoisotopic (exact) mass is 471 g/mol. The van der Waals surface area contributed by atoms with E-state index < -0.39 is 21.6 Å². The molecule has 0 amide bonds. The first-order valence-electron chi connectivity index (χ1n) is 9.86. The SMILES string of the molecule is COc1ccc(CCc2c(Cl)cncc2Cl)c2c1OC1(CCCC1)C2CS(=O)(=O)O. The number of nitrogens with zero attached hydrogens (tertiary/aromatic N) is 1. The minimum Gasteiger partial charge on any atom is -0.493 e. The van der Waals surface area contributed by atoms with Crippen LogP contribution in [0.15, 0.2) is 24.5 Å². The van der Waals surface area contributed by atoms with Crippen LogP contribution in [0.1, 0.15) is 48.3 Å². The van der Waals surface area contributed by atoms with E-state index in [1.54, 1.807) is 19.5 Å². The fraction of sp³-hybridized carbons (Fsp3) is 0.476. The summed E-state index contributed by atoms with van der Waals surface area (Å²) in [5.74, 6) is 0.311. The van der Waals surface area contributed by atoms with Crippen LogP contribution in [-0.4, -0.2) is 36.4 Å². The van der Waals surface area contributed by atoms with E-state index in [9.17, 15) is 13.0 Å². The van der Waals surface area contributed by atoms with Gasteiger partial charge in [-0.3, -0.25) is 9.54 Å². The normalized spacial score (nSPS) is 19.7. The second-order valence-corrected chi connectivity index (χ2v) is 10.2. The van der Waals surface area contributed by atoms with Crippen molar-refractivity contribution < 1.29 is 22.4 Å². The van der Waals surface area contributed by atoms with Crippen molar-refractivity contribution in [1.29, 1.82) is 0 Å². The first kappa shape index (κ1) is 21.7. The maximum Gasteiger partial charge on any atom is 0.265 e. The van der Waals surface area contributed by atoms with Crippen molar-refractivity contribution in [3.05, 3.63) is 51.3 Å². The molecule has 6 nitrogen and oxygen atoms in total. The number of ether oxygens (including phenoxy) is 2. The molecule has 162 valence electrons. The topological polar surface area (TPSA) is 85.7 Å². The third kappa shape index (κ3) is 4.00. The van der Waals surface area contributed by atoms with Crippen molar-refractivity contribution >= 4 is 33.3 Å². The Morgan fingerprint density at radius 2 is 1.87 bits per heavy atom. The Bertz CT molecular complexity index is 1050. The van der Waals surface area contributed by atoms with Gasteiger partial charge < -0.3 is 9.47 Å². The van der Waals surface area contributed by atoms with E-state index in [0.29, 0.717) is 34.4 Å². The molecule has 2 heterocycles. The van der Waals surface area contributed by atoms with Crippen LogP contribution in [0.25, 0.3) is 0 Å². The standard InChI is InChI=1S/C21H23Cl2NO5S/c1-28-18-7-5-13(4-6-14-16(22)10-24-11-17(14)23)19-15(12-30(25,26)27)21(29-20(18)19)8-2-3-9-21/h5,7,10-11,15H,2-4,6,8-9,12H2,1H3,(H,25,26,27). The molecule has 0 saturated heterocycles. The third-order valence-corrected chi connectivity index (χ3v) is 7.59. The molecule has 1 aromatic carbocycles. The lowest BCUT2D eigenvalue weighted by molar-refractivity contribution is 0.0786. The number of pyridine rings is 1. The Balaban J connectivity index is 1.77. The predicted molar refractivity (Wildman–Crippen MR) is 116 cm³/mol. The molecule has 1 unspecified atom stereocenters. The molecule has 4 rings (SSSR count). The number of fused-ring (bicyclic) bond motifs is 1. The summed E-state index contributed by atoms with van der Waals surface area (Å²) >= 11 is 12.5. The van der Waals surface area contributed by atoms with Gasteiger partial charge in [-0.05, 0) is 55.7 Å². The first-order chi connectivity index (χ1) is 14.2. The summed E-state index contributed by atoms with van der Waals surface area (Å²) in [5, 5.41) is 0.983. The Morgan fingerprint density at radius 3 is 2.47 bits per heavy atom. The molecule has 1 fully saturated rings. The second-order valence-electron chi connectivity index (χ2n) is 7.93. The lowest BCUT2D eigenvalue weighted by Crippen LogP contribution is -2.38. The average molecular weight is 472 g/mol. The summed E-state index contributed by atoms with van der Waals surface area (Å²) in [5.41, 5.74) is 1.90. The zero-order chi connectivity index (χ0) is 21.5. The van der Waals surface area contributed by atoms with Crippen LogP contribution in [0, 0.1) is 0 Å². The molecule has 2 aliphatic rings. The molecule has 1 N–H and O–H groups in total. The summed E-state index contributed by atoms with van der Waals surface area (Å²) in [6.07, 6.45) is 7.64. The van der Waals surface area contributed by atoms with Gasteiger partial charge in [0, 0.05) is 23.9 Å². The van der Waals surface area contributed by atoms with Crippen LogP contribution in [0.4, 0.5) is 0 Å². The second kappa shape index (κ2) is 8.19. The van der Waals surface area contributed by atoms with E-state index in [4.69, 9.17) is 32.7 Å². The molecule has 9 heteroatoms. The van der Waals surface area contributed by atoms with Gasteiger partial charge in [0.05, 0.1) is 22.9 Å². The molecular weight excluding hydrogens is 449 g/mol. The summed E-state index contributed by atoms with van der Waals surface area (Å²) in [4.78, 5) is 3.99. The Kier molecular flexibility index (Phi) is 5.92. The molecule has 1 aromatic heterocycles. The van der Waals surface area contributed by atoms with Crippen LogP contribution in [0.2, 0.25) is 10.0 Å². The first-order valence-corrected chi connectivity index (χ1v) is 12.2. The average Bonchev–Trinajstić information content (AvgIpc) is 3.26. The van der Waals surface area contributed by atoms with E-state index in [1.165, 1.54) is 0 Å². The molecule has 2 aromatic rings. The minimum absolute atomic E-state index is 0.378. The molecule has 1 aliphatic heterocycles. The molecule has 30 heavy (non-hydrogen) atoms. The fourth-order valence-corrected chi connectivity index (χ4v) is 6.28. The summed E-state index contributed by atoms with van der Waals surface area (Å²) < 4.78 is 45.4. The van der Waals surface area contributed by atoms with Gasteiger partial charge >= 0.3 is 0 Å². The number of halogens is 2. The number of hydrogen-bond donors (Lipinski definition) is 1. The van der Waals surface area contributed by atoms with E-state index in [-0.39, 0.29) is 5.75 Å². The molecule has 1 atom stereocenters. The highest BCUT2D eigenvalue weighted by Crippen LogP contribution is 2.57. The van der Waals surface area contributed by atoms with E-state index >= 15 is 0 Å². The Labute approximate surface area is 186 Å². The highest BCUT2D eigenvalue weighted by molar-refractivity contribution is 7.85. The minimum atomic E-state index is -4.20. The van der Waals surface area contributed by atoms with Gasteiger partial charge in [0.15, 0.2) is 11.5 Å². The van der Waals surface area contributed by atoms with Crippen molar-refractivity contribution in [1.82, 2.24) is 4.98 Å². The lowest BCUT2D eigenvalue weighted by Gasteiger charge is -2.30. The summed E-state index contributed by atoms with van der Waals surface area (Å²) in [7, 11) is -2.64. The highest BCUT2D eigenvalue weighted by Gasteiger charge is 2.53. The number of aromatic nitrogens is 1. The molecular formula is C21H23Cl2NO5S. The molecule has 1 saturated carbocycles. The number of rotatable bonds is 6. The van der Waals surface area contributed by atoms with E-state index in [0.717, 1.165) is 42.4 Å². The predicted octanol–water partition coefficient (Wildman–Crippen LogP) is 4.86. The number of hydrogen-bond acceptors (Lipinski definition) is 5. The van der Waals surface area contributed by atoms with Gasteiger partial charge in [0.2, 0.25) is 0 Å². The van der Waals surface area contributed by atoms with Gasteiger partial charge in [0.25, 0.3) is 10.1 Å². The van der Waals surface area contributed by atoms with Gasteiger partial charge in [-0.1, -0.05) is 29.3 Å². The zero-order valence-electron chi connectivity index (χ0n) is 16.5. The molecule has 1 aliphatic carbocycles. The van der Waals surface area contributed by atoms with Crippen molar-refractivity contribution in [3.8, 4) is 11.5 Å². The highest BCUT2D eigenvalue weighted by atomic mass is 35.5. The maximum atomic E-state index is 11.9. The van der Waals surface area contributed by atoms with Crippen LogP contribution < -0.4 is 9.47 Å². The molecule has 0 bridgehead atoms. The number of methoxy groups -OCH3 is 1. The van der Waals surface area contributed by atoms with Gasteiger partial charge in [-0.25, -0.2) is 0 Å². The third-order valence-electron chi connectivity index (χ3n) is 6.18. The molecule has 1 spiro atoms. The van der Waals surface area contributed by atoms with Gasteiger partial charge in [-0.2, -0.15) is 8.42 Å². The van der Waals surface area contributed by atoms with Crippen LogP contribution >= 0.6 is 23.2 Å². The summed E-state index contributed by atoms with van der Waals surface area (Å²) in [6.45, 7) is 0. The Morgan fingerprint density at radius 1 is 1.20 bits per heavy atom. The zero-order valence-corrected chi connectivity index (χ0v) is 18.9. The quantitative estimate of drug-likeness (QED) is 0.605. The largest absolute Gasteiger partial charge is 0.493 e.